The first-order valence-corrected chi connectivity index (χ1v) is 12.8. The Hall–Kier alpha value is -2.63. The van der Waals surface area contributed by atoms with Gasteiger partial charge in [0, 0.05) is 24.0 Å². The van der Waals surface area contributed by atoms with Gasteiger partial charge in [-0.2, -0.15) is 16.6 Å². The molecular formula is C24H27N3O3S2. The van der Waals surface area contributed by atoms with Gasteiger partial charge in [0.2, 0.25) is 5.91 Å². The Kier molecular flexibility index (Phi) is 7.28. The minimum atomic E-state index is -0.244. The van der Waals surface area contributed by atoms with Crippen molar-refractivity contribution in [3.63, 3.8) is 0 Å². The number of carbonyl (C=O) groups excluding carboxylic acids is 2. The fourth-order valence-electron chi connectivity index (χ4n) is 4.43. The van der Waals surface area contributed by atoms with Gasteiger partial charge >= 0.3 is 6.09 Å². The summed E-state index contributed by atoms with van der Waals surface area (Å²) in [6.07, 6.45) is 9.87. The van der Waals surface area contributed by atoms with Crippen LogP contribution in [0.3, 0.4) is 0 Å². The molecule has 1 atom stereocenters. The number of carbonyl (C=O) groups is 2. The van der Waals surface area contributed by atoms with Gasteiger partial charge in [-0.05, 0) is 72.1 Å². The monoisotopic (exact) mass is 469 g/mol. The van der Waals surface area contributed by atoms with Crippen molar-refractivity contribution in [2.24, 2.45) is 5.92 Å². The van der Waals surface area contributed by atoms with Crippen molar-refractivity contribution in [1.29, 1.82) is 5.26 Å². The molecule has 2 amide bonds. The van der Waals surface area contributed by atoms with Crippen LogP contribution in [0, 0.1) is 17.2 Å². The van der Waals surface area contributed by atoms with Crippen LogP contribution in [-0.2, 0) is 22.4 Å². The maximum absolute atomic E-state index is 12.4. The van der Waals surface area contributed by atoms with Gasteiger partial charge in [-0.15, -0.1) is 11.3 Å². The number of nitrogens with zero attached hydrogens (tertiary/aromatic N) is 2. The molecule has 8 heteroatoms. The van der Waals surface area contributed by atoms with Crippen LogP contribution in [0.4, 0.5) is 9.80 Å². The van der Waals surface area contributed by atoms with Gasteiger partial charge < -0.3 is 15.0 Å². The number of rotatable bonds is 6. The maximum atomic E-state index is 12.4. The zero-order valence-electron chi connectivity index (χ0n) is 18.1. The maximum Gasteiger partial charge on any atom is 0.409 e. The van der Waals surface area contributed by atoms with Gasteiger partial charge in [-0.25, -0.2) is 4.79 Å². The first-order valence-electron chi connectivity index (χ1n) is 11.0. The molecule has 1 saturated carbocycles. The molecule has 1 unspecified atom stereocenters. The lowest BCUT2D eigenvalue weighted by Crippen LogP contribution is -2.36. The molecule has 0 aromatic carbocycles. The van der Waals surface area contributed by atoms with Crippen LogP contribution in [0.1, 0.15) is 53.7 Å². The van der Waals surface area contributed by atoms with Crippen LogP contribution in [0.2, 0.25) is 0 Å². The molecule has 1 N–H and O–H groups in total. The van der Waals surface area contributed by atoms with Crippen molar-refractivity contribution in [3.05, 3.63) is 44.5 Å². The SMILES string of the molecule is CN(C(=O)OCC1CCc2c(sc(NC(=O)C=Cc3ccsc3)c2C#N)C1)C1CCCC1. The molecule has 2 aromatic rings. The number of anilines is 1. The van der Waals surface area contributed by atoms with Crippen molar-refractivity contribution < 1.29 is 14.3 Å². The second-order valence-corrected chi connectivity index (χ2v) is 10.3. The van der Waals surface area contributed by atoms with Gasteiger partial charge in [0.15, 0.2) is 0 Å². The molecule has 0 spiro atoms. The Morgan fingerprint density at radius 2 is 2.16 bits per heavy atom. The van der Waals surface area contributed by atoms with E-state index in [-0.39, 0.29) is 17.9 Å². The summed E-state index contributed by atoms with van der Waals surface area (Å²) in [5.74, 6) is -0.0117. The summed E-state index contributed by atoms with van der Waals surface area (Å²) < 4.78 is 5.61. The Bertz CT molecular complexity index is 1030. The highest BCUT2D eigenvalue weighted by Crippen LogP contribution is 2.39. The predicted molar refractivity (Wildman–Crippen MR) is 128 cm³/mol. The van der Waals surface area contributed by atoms with Crippen LogP contribution in [0.15, 0.2) is 22.9 Å². The second-order valence-electron chi connectivity index (χ2n) is 8.43. The van der Waals surface area contributed by atoms with E-state index in [0.717, 1.165) is 48.1 Å². The van der Waals surface area contributed by atoms with Crippen molar-refractivity contribution in [2.75, 3.05) is 19.0 Å². The Labute approximate surface area is 196 Å². The summed E-state index contributed by atoms with van der Waals surface area (Å²) in [5, 5.41) is 17.1. The van der Waals surface area contributed by atoms with Crippen LogP contribution in [-0.4, -0.2) is 36.6 Å². The summed E-state index contributed by atoms with van der Waals surface area (Å²) in [5.41, 5.74) is 2.58. The number of ether oxygens (including phenoxy) is 1. The summed E-state index contributed by atoms with van der Waals surface area (Å²) in [7, 11) is 1.83. The van der Waals surface area contributed by atoms with E-state index in [4.69, 9.17) is 4.74 Å². The highest BCUT2D eigenvalue weighted by atomic mass is 32.1. The number of fused-ring (bicyclic) bond motifs is 1. The van der Waals surface area contributed by atoms with E-state index in [1.165, 1.54) is 30.3 Å². The lowest BCUT2D eigenvalue weighted by Gasteiger charge is -2.26. The first kappa shape index (κ1) is 22.6. The first-order chi connectivity index (χ1) is 15.5. The van der Waals surface area contributed by atoms with Gasteiger partial charge in [0.1, 0.15) is 11.1 Å². The zero-order valence-corrected chi connectivity index (χ0v) is 19.8. The molecule has 6 nitrogen and oxygen atoms in total. The van der Waals surface area contributed by atoms with E-state index in [0.29, 0.717) is 23.2 Å². The summed E-state index contributed by atoms with van der Waals surface area (Å²) in [4.78, 5) is 27.6. The predicted octanol–water partition coefficient (Wildman–Crippen LogP) is 5.45. The van der Waals surface area contributed by atoms with Crippen molar-refractivity contribution in [1.82, 2.24) is 4.90 Å². The molecule has 2 heterocycles. The summed E-state index contributed by atoms with van der Waals surface area (Å²) in [6.45, 7) is 0.389. The largest absolute Gasteiger partial charge is 0.449 e. The molecular weight excluding hydrogens is 442 g/mol. The normalized spacial score (nSPS) is 18.3. The molecule has 0 saturated heterocycles. The summed E-state index contributed by atoms with van der Waals surface area (Å²) >= 11 is 3.04. The number of thiophene rings is 2. The van der Waals surface area contributed by atoms with Crippen LogP contribution < -0.4 is 5.32 Å². The molecule has 2 aliphatic carbocycles. The zero-order chi connectivity index (χ0) is 22.5. The Balaban J connectivity index is 1.35. The van der Waals surface area contributed by atoms with E-state index in [1.807, 2.05) is 23.9 Å². The number of nitrogens with one attached hydrogen (secondary N) is 1. The Morgan fingerprint density at radius 1 is 1.34 bits per heavy atom. The summed E-state index contributed by atoms with van der Waals surface area (Å²) in [6, 6.07) is 4.51. The van der Waals surface area contributed by atoms with Gasteiger partial charge in [0.25, 0.3) is 0 Å². The molecule has 168 valence electrons. The Morgan fingerprint density at radius 3 is 2.88 bits per heavy atom. The highest BCUT2D eigenvalue weighted by molar-refractivity contribution is 7.16. The topological polar surface area (TPSA) is 82.4 Å². The van der Waals surface area contributed by atoms with Crippen LogP contribution in [0.25, 0.3) is 6.08 Å². The van der Waals surface area contributed by atoms with E-state index < -0.39 is 0 Å². The third-order valence-electron chi connectivity index (χ3n) is 6.29. The van der Waals surface area contributed by atoms with E-state index in [9.17, 15) is 14.9 Å². The molecule has 4 rings (SSSR count). The highest BCUT2D eigenvalue weighted by Gasteiger charge is 2.29. The molecule has 2 aliphatic rings. The van der Waals surface area contributed by atoms with Crippen molar-refractivity contribution in [3.8, 4) is 6.07 Å². The van der Waals surface area contributed by atoms with Gasteiger partial charge in [-0.1, -0.05) is 12.8 Å². The van der Waals surface area contributed by atoms with Crippen molar-refractivity contribution >= 4 is 45.8 Å². The minimum absolute atomic E-state index is 0.232. The fourth-order valence-corrected chi connectivity index (χ4v) is 6.37. The molecule has 1 fully saturated rings. The fraction of sp³-hybridized carbons (Fsp3) is 0.458. The molecule has 0 bridgehead atoms. The number of hydrogen-bond donors (Lipinski definition) is 1. The number of amides is 2. The lowest BCUT2D eigenvalue weighted by atomic mass is 9.88. The average molecular weight is 470 g/mol. The van der Waals surface area contributed by atoms with Gasteiger partial charge in [-0.3, -0.25) is 4.79 Å². The third kappa shape index (κ3) is 5.22. The standard InChI is InChI=1S/C24H27N3O3S2/c1-27(18-4-2-3-5-18)24(29)30-14-17-6-8-19-20(13-25)23(32-21(19)12-17)26-22(28)9-7-16-10-11-31-15-16/h7,9-11,15,17-18H,2-6,8,12,14H2,1H3,(H,26,28). The second kappa shape index (κ2) is 10.3. The van der Waals surface area contributed by atoms with Crippen LogP contribution >= 0.6 is 22.7 Å². The van der Waals surface area contributed by atoms with Crippen molar-refractivity contribution in [2.45, 2.75) is 51.0 Å². The van der Waals surface area contributed by atoms with E-state index in [2.05, 4.69) is 11.4 Å². The third-order valence-corrected chi connectivity index (χ3v) is 8.16. The quantitative estimate of drug-likeness (QED) is 0.571. The van der Waals surface area contributed by atoms with E-state index >= 15 is 0 Å². The average Bonchev–Trinajstić information content (AvgIpc) is 3.56. The lowest BCUT2D eigenvalue weighted by molar-refractivity contribution is -0.111. The molecule has 32 heavy (non-hydrogen) atoms. The molecule has 0 radical (unpaired) electrons. The molecule has 2 aromatic heterocycles. The smallest absolute Gasteiger partial charge is 0.409 e. The number of hydrogen-bond acceptors (Lipinski definition) is 6. The van der Waals surface area contributed by atoms with E-state index in [1.54, 1.807) is 22.3 Å². The van der Waals surface area contributed by atoms with Crippen LogP contribution in [0.5, 0.6) is 0 Å². The number of nitriles is 1. The minimum Gasteiger partial charge on any atom is -0.449 e. The molecule has 0 aliphatic heterocycles. The van der Waals surface area contributed by atoms with Gasteiger partial charge in [0.05, 0.1) is 12.2 Å².